The van der Waals surface area contributed by atoms with E-state index in [9.17, 15) is 9.59 Å². The summed E-state index contributed by atoms with van der Waals surface area (Å²) in [5, 5.41) is 2.68. The van der Waals surface area contributed by atoms with Crippen molar-refractivity contribution >= 4 is 23.3 Å². The van der Waals surface area contributed by atoms with E-state index in [-0.39, 0.29) is 23.5 Å². The van der Waals surface area contributed by atoms with E-state index < -0.39 is 6.04 Å². The summed E-state index contributed by atoms with van der Waals surface area (Å²) in [5.74, 6) is -0.533. The second kappa shape index (κ2) is 7.17. The lowest BCUT2D eigenvalue weighted by atomic mass is 9.96. The molecule has 3 nitrogen and oxygen atoms in total. The molecule has 0 aliphatic carbocycles. The molecular formula is C14H18ClNO2. The highest BCUT2D eigenvalue weighted by Crippen LogP contribution is 2.08. The highest BCUT2D eigenvalue weighted by atomic mass is 35.5. The van der Waals surface area contributed by atoms with Gasteiger partial charge in [-0.25, -0.2) is 0 Å². The molecule has 1 aromatic rings. The predicted octanol–water partition coefficient (Wildman–Crippen LogP) is 2.18. The van der Waals surface area contributed by atoms with Crippen molar-refractivity contribution in [2.75, 3.05) is 5.88 Å². The topological polar surface area (TPSA) is 46.2 Å². The molecule has 0 saturated heterocycles. The molecule has 1 aromatic carbocycles. The van der Waals surface area contributed by atoms with Crippen molar-refractivity contribution in [3.63, 3.8) is 0 Å². The highest BCUT2D eigenvalue weighted by Gasteiger charge is 2.22. The van der Waals surface area contributed by atoms with Crippen molar-refractivity contribution in [3.05, 3.63) is 35.9 Å². The zero-order chi connectivity index (χ0) is 13.5. The van der Waals surface area contributed by atoms with Crippen LogP contribution in [0, 0.1) is 5.92 Å². The molecule has 1 amide bonds. The second-order valence-corrected chi connectivity index (χ2v) is 4.77. The molecule has 98 valence electrons. The summed E-state index contributed by atoms with van der Waals surface area (Å²) >= 11 is 5.46. The third kappa shape index (κ3) is 4.49. The van der Waals surface area contributed by atoms with E-state index in [4.69, 9.17) is 11.6 Å². The number of carbonyl (C=O) groups is 2. The third-order valence-electron chi connectivity index (χ3n) is 2.65. The lowest BCUT2D eigenvalue weighted by molar-refractivity contribution is -0.128. The normalized spacial score (nSPS) is 12.2. The van der Waals surface area contributed by atoms with Crippen molar-refractivity contribution in [2.45, 2.75) is 26.3 Å². The summed E-state index contributed by atoms with van der Waals surface area (Å²) in [6, 6.07) is 9.12. The number of carbonyl (C=O) groups excluding carboxylic acids is 2. The van der Waals surface area contributed by atoms with Crippen molar-refractivity contribution in [2.24, 2.45) is 5.92 Å². The molecule has 1 atom stereocenters. The lowest BCUT2D eigenvalue weighted by Gasteiger charge is -2.19. The van der Waals surface area contributed by atoms with E-state index in [0.29, 0.717) is 6.42 Å². The van der Waals surface area contributed by atoms with E-state index in [2.05, 4.69) is 5.32 Å². The van der Waals surface area contributed by atoms with Gasteiger partial charge >= 0.3 is 0 Å². The molecule has 0 spiro atoms. The number of benzene rings is 1. The summed E-state index contributed by atoms with van der Waals surface area (Å²) in [6.45, 7) is 3.65. The number of Topliss-reactive ketones (excluding diaryl/α,β-unsaturated/α-hetero) is 1. The zero-order valence-electron chi connectivity index (χ0n) is 10.7. The van der Waals surface area contributed by atoms with E-state index >= 15 is 0 Å². The van der Waals surface area contributed by atoms with E-state index in [1.807, 2.05) is 44.2 Å². The number of hydrogen-bond acceptors (Lipinski definition) is 2. The SMILES string of the molecule is CC(C)C(=O)[C@H](Cc1ccccc1)NC(=O)CCl. The number of hydrogen-bond donors (Lipinski definition) is 1. The first-order valence-electron chi connectivity index (χ1n) is 5.97. The van der Waals surface area contributed by atoms with Gasteiger partial charge in [0.1, 0.15) is 5.88 Å². The maximum Gasteiger partial charge on any atom is 0.235 e. The Labute approximate surface area is 113 Å². The van der Waals surface area contributed by atoms with Crippen LogP contribution in [-0.2, 0) is 16.0 Å². The maximum atomic E-state index is 12.0. The largest absolute Gasteiger partial charge is 0.345 e. The van der Waals surface area contributed by atoms with Crippen LogP contribution in [-0.4, -0.2) is 23.6 Å². The van der Waals surface area contributed by atoms with Gasteiger partial charge in [0.15, 0.2) is 5.78 Å². The van der Waals surface area contributed by atoms with Gasteiger partial charge in [-0.3, -0.25) is 9.59 Å². The molecule has 18 heavy (non-hydrogen) atoms. The first-order valence-corrected chi connectivity index (χ1v) is 6.51. The van der Waals surface area contributed by atoms with Gasteiger partial charge in [-0.05, 0) is 12.0 Å². The molecule has 1 N–H and O–H groups in total. The Balaban J connectivity index is 2.77. The van der Waals surface area contributed by atoms with Crippen LogP contribution in [0.2, 0.25) is 0 Å². The molecule has 0 aliphatic rings. The van der Waals surface area contributed by atoms with Crippen LogP contribution < -0.4 is 5.32 Å². The van der Waals surface area contributed by atoms with Gasteiger partial charge in [0, 0.05) is 5.92 Å². The van der Waals surface area contributed by atoms with Crippen LogP contribution in [0.5, 0.6) is 0 Å². The van der Waals surface area contributed by atoms with Crippen LogP contribution in [0.3, 0.4) is 0 Å². The van der Waals surface area contributed by atoms with Crippen molar-refractivity contribution in [1.29, 1.82) is 0 Å². The minimum atomic E-state index is -0.501. The smallest absolute Gasteiger partial charge is 0.235 e. The number of alkyl halides is 1. The Morgan fingerprint density at radius 3 is 2.33 bits per heavy atom. The summed E-state index contributed by atoms with van der Waals surface area (Å²) < 4.78 is 0. The van der Waals surface area contributed by atoms with Gasteiger partial charge in [0.05, 0.1) is 6.04 Å². The number of nitrogens with one attached hydrogen (secondary N) is 1. The molecule has 0 fully saturated rings. The Bertz CT molecular complexity index is 404. The minimum absolute atomic E-state index is 0.0253. The summed E-state index contributed by atoms with van der Waals surface area (Å²) in [5.41, 5.74) is 1.02. The molecule has 0 aromatic heterocycles. The molecule has 0 unspecified atom stereocenters. The van der Waals surface area contributed by atoms with Gasteiger partial charge in [0.25, 0.3) is 0 Å². The average Bonchev–Trinajstić information content (AvgIpc) is 2.38. The van der Waals surface area contributed by atoms with Crippen LogP contribution in [0.1, 0.15) is 19.4 Å². The molecular weight excluding hydrogens is 250 g/mol. The maximum absolute atomic E-state index is 12.0. The minimum Gasteiger partial charge on any atom is -0.345 e. The van der Waals surface area contributed by atoms with Crippen molar-refractivity contribution in [3.8, 4) is 0 Å². The van der Waals surface area contributed by atoms with Crippen LogP contribution >= 0.6 is 11.6 Å². The Hall–Kier alpha value is -1.35. The average molecular weight is 268 g/mol. The Morgan fingerprint density at radius 1 is 1.22 bits per heavy atom. The molecule has 0 bridgehead atoms. The standard InChI is InChI=1S/C14H18ClNO2/c1-10(2)14(18)12(16-13(17)9-15)8-11-6-4-3-5-7-11/h3-7,10,12H,8-9H2,1-2H3,(H,16,17)/t12-/m0/s1. The van der Waals surface area contributed by atoms with Gasteiger partial charge in [-0.15, -0.1) is 11.6 Å². The number of halogens is 1. The Kier molecular flexibility index (Phi) is 5.86. The van der Waals surface area contributed by atoms with Crippen LogP contribution in [0.4, 0.5) is 0 Å². The van der Waals surface area contributed by atoms with E-state index in [0.717, 1.165) is 5.56 Å². The number of ketones is 1. The highest BCUT2D eigenvalue weighted by molar-refractivity contribution is 6.27. The zero-order valence-corrected chi connectivity index (χ0v) is 11.4. The van der Waals surface area contributed by atoms with Crippen molar-refractivity contribution < 1.29 is 9.59 Å². The first-order chi connectivity index (χ1) is 8.54. The van der Waals surface area contributed by atoms with Gasteiger partial charge in [0.2, 0.25) is 5.91 Å². The summed E-state index contributed by atoms with van der Waals surface area (Å²) in [6.07, 6.45) is 0.500. The fraction of sp³-hybridized carbons (Fsp3) is 0.429. The first kappa shape index (κ1) is 14.7. The quantitative estimate of drug-likeness (QED) is 0.803. The molecule has 0 saturated carbocycles. The van der Waals surface area contributed by atoms with Crippen LogP contribution in [0.15, 0.2) is 30.3 Å². The van der Waals surface area contributed by atoms with E-state index in [1.165, 1.54) is 0 Å². The molecule has 0 radical (unpaired) electrons. The third-order valence-corrected chi connectivity index (χ3v) is 2.89. The predicted molar refractivity (Wildman–Crippen MR) is 72.6 cm³/mol. The fourth-order valence-corrected chi connectivity index (χ4v) is 1.78. The molecule has 0 heterocycles. The van der Waals surface area contributed by atoms with Gasteiger partial charge in [-0.2, -0.15) is 0 Å². The number of amides is 1. The lowest BCUT2D eigenvalue weighted by Crippen LogP contribution is -2.44. The monoisotopic (exact) mass is 267 g/mol. The summed E-state index contributed by atoms with van der Waals surface area (Å²) in [4.78, 5) is 23.4. The van der Waals surface area contributed by atoms with Crippen molar-refractivity contribution in [1.82, 2.24) is 5.32 Å². The number of rotatable bonds is 6. The fourth-order valence-electron chi connectivity index (χ4n) is 1.71. The van der Waals surface area contributed by atoms with Crippen LogP contribution in [0.25, 0.3) is 0 Å². The second-order valence-electron chi connectivity index (χ2n) is 4.50. The Morgan fingerprint density at radius 2 is 1.83 bits per heavy atom. The van der Waals surface area contributed by atoms with Gasteiger partial charge in [-0.1, -0.05) is 44.2 Å². The summed E-state index contributed by atoms with van der Waals surface area (Å²) in [7, 11) is 0. The molecule has 4 heteroatoms. The van der Waals surface area contributed by atoms with E-state index in [1.54, 1.807) is 0 Å². The van der Waals surface area contributed by atoms with Gasteiger partial charge < -0.3 is 5.32 Å². The molecule has 0 aliphatic heterocycles. The molecule has 1 rings (SSSR count).